The van der Waals surface area contributed by atoms with E-state index in [9.17, 15) is 0 Å². The third-order valence-corrected chi connectivity index (χ3v) is 8.78. The minimum Gasteiger partial charge on any atom is -0.497 e. The zero-order valence-corrected chi connectivity index (χ0v) is 27.4. The fourth-order valence-corrected chi connectivity index (χ4v) is 6.72. The molecule has 5 heterocycles. The Morgan fingerprint density at radius 2 is 1.10 bits per heavy atom. The summed E-state index contributed by atoms with van der Waals surface area (Å²) in [4.78, 5) is 18.5. The Balaban J connectivity index is 0.00000314. The molecule has 10 rings (SSSR count). The van der Waals surface area contributed by atoms with E-state index in [2.05, 4.69) is 98.2 Å². The van der Waals surface area contributed by atoms with E-state index in [-0.39, 0.29) is 21.1 Å². The van der Waals surface area contributed by atoms with Crippen LogP contribution in [0.4, 0.5) is 0 Å². The van der Waals surface area contributed by atoms with Crippen LogP contribution < -0.4 is 4.74 Å². The monoisotopic (exact) mass is 797 g/mol. The number of imidazole rings is 2. The predicted octanol–water partition coefficient (Wildman–Crippen LogP) is 9.11. The Hall–Kier alpha value is -5.91. The number of nitrogens with zero attached hydrogens (tertiary/aromatic N) is 6. The van der Waals surface area contributed by atoms with Gasteiger partial charge in [-0.2, -0.15) is 0 Å². The van der Waals surface area contributed by atoms with Crippen molar-refractivity contribution in [3.8, 4) is 33.8 Å². The van der Waals surface area contributed by atoms with Gasteiger partial charge in [0.25, 0.3) is 0 Å². The van der Waals surface area contributed by atoms with E-state index in [1.54, 1.807) is 18.6 Å². The van der Waals surface area contributed by atoms with Gasteiger partial charge in [0.1, 0.15) is 5.65 Å². The van der Waals surface area contributed by atoms with Gasteiger partial charge >= 0.3 is 21.1 Å². The SMILES string of the molecule is [Pt+2].[c-]1c(Oc2[c-]c3c(cc2)c2cc(-c4ccccc4)cc(-c4ccccc4)c2n2ccnc32)ccc2c1c1nccn1c1nccnc21. The smallest absolute Gasteiger partial charge is 0.497 e. The van der Waals surface area contributed by atoms with Gasteiger partial charge in [-0.3, -0.25) is 15.0 Å². The zero-order chi connectivity index (χ0) is 30.9. The first-order valence-corrected chi connectivity index (χ1v) is 15.3. The molecule has 0 saturated heterocycles. The summed E-state index contributed by atoms with van der Waals surface area (Å²) in [6.45, 7) is 0. The van der Waals surface area contributed by atoms with Crippen molar-refractivity contribution in [1.82, 2.24) is 28.7 Å². The van der Waals surface area contributed by atoms with E-state index < -0.39 is 0 Å². The second-order valence-corrected chi connectivity index (χ2v) is 11.4. The normalized spacial score (nSPS) is 11.6. The minimum atomic E-state index is 0. The van der Waals surface area contributed by atoms with Gasteiger partial charge in [0.05, 0.1) is 16.8 Å². The first-order valence-electron chi connectivity index (χ1n) is 15.3. The van der Waals surface area contributed by atoms with E-state index in [1.165, 1.54) is 0 Å². The molecule has 228 valence electrons. The molecule has 0 N–H and O–H groups in total. The standard InChI is InChI=1S/C40H22N6O.Pt/c1-3-7-25(8-4-1)27-21-32(26-9-5-2-6-10-26)37-33(22-27)30-13-11-28(23-34(30)38-43-17-19-45(37)38)47-29-12-14-31-35(24-29)39-44-18-20-46(39)40-36(31)41-15-16-42-40;/h1-22H;/q-2;+2. The largest absolute Gasteiger partial charge is 2.00 e. The molecule has 0 fully saturated rings. The van der Waals surface area contributed by atoms with Crippen LogP contribution in [-0.2, 0) is 21.1 Å². The minimum absolute atomic E-state index is 0. The number of hydrogen-bond acceptors (Lipinski definition) is 5. The third-order valence-electron chi connectivity index (χ3n) is 8.78. The molecule has 5 aromatic carbocycles. The van der Waals surface area contributed by atoms with Crippen molar-refractivity contribution in [2.45, 2.75) is 0 Å². The Labute approximate surface area is 288 Å². The summed E-state index contributed by atoms with van der Waals surface area (Å²) in [5, 5.41) is 4.76. The number of rotatable bonds is 4. The molecular formula is C40H22N6OPt. The van der Waals surface area contributed by atoms with Gasteiger partial charge in [0, 0.05) is 59.8 Å². The molecule has 0 aliphatic carbocycles. The number of aromatic nitrogens is 6. The molecule has 0 bridgehead atoms. The molecular weight excluding hydrogens is 776 g/mol. The molecule has 10 aromatic rings. The fraction of sp³-hybridized carbons (Fsp3) is 0. The van der Waals surface area contributed by atoms with Gasteiger partial charge in [0.15, 0.2) is 0 Å². The van der Waals surface area contributed by atoms with Crippen molar-refractivity contribution in [3.63, 3.8) is 0 Å². The molecule has 0 atom stereocenters. The molecule has 5 aromatic heterocycles. The van der Waals surface area contributed by atoms with Crippen LogP contribution in [0.15, 0.2) is 134 Å². The molecule has 0 spiro atoms. The topological polar surface area (TPSA) is 69.6 Å². The average molecular weight is 798 g/mol. The maximum Gasteiger partial charge on any atom is 2.00 e. The molecule has 7 nitrogen and oxygen atoms in total. The van der Waals surface area contributed by atoms with Crippen molar-refractivity contribution in [1.29, 1.82) is 0 Å². The summed E-state index contributed by atoms with van der Waals surface area (Å²) in [7, 11) is 0. The Morgan fingerprint density at radius 1 is 0.500 bits per heavy atom. The van der Waals surface area contributed by atoms with Crippen molar-refractivity contribution in [2.24, 2.45) is 0 Å². The average Bonchev–Trinajstić information content (AvgIpc) is 3.84. The van der Waals surface area contributed by atoms with Gasteiger partial charge < -0.3 is 13.5 Å². The van der Waals surface area contributed by atoms with Gasteiger partial charge in [0.2, 0.25) is 0 Å². The van der Waals surface area contributed by atoms with Gasteiger partial charge in [-0.15, -0.1) is 12.1 Å². The van der Waals surface area contributed by atoms with Crippen LogP contribution in [0.25, 0.3) is 77.2 Å². The van der Waals surface area contributed by atoms with Crippen LogP contribution in [-0.4, -0.2) is 28.7 Å². The first kappa shape index (κ1) is 28.3. The maximum atomic E-state index is 6.43. The van der Waals surface area contributed by atoms with Gasteiger partial charge in [-0.05, 0) is 28.1 Å². The zero-order valence-electron chi connectivity index (χ0n) is 25.1. The van der Waals surface area contributed by atoms with Crippen molar-refractivity contribution >= 4 is 54.9 Å². The second kappa shape index (κ2) is 11.1. The molecule has 0 aliphatic heterocycles. The molecule has 8 heteroatoms. The Morgan fingerprint density at radius 3 is 1.85 bits per heavy atom. The molecule has 0 radical (unpaired) electrons. The fourth-order valence-electron chi connectivity index (χ4n) is 6.72. The van der Waals surface area contributed by atoms with Gasteiger partial charge in [-0.25, -0.2) is 4.98 Å². The molecule has 0 aliphatic rings. The summed E-state index contributed by atoms with van der Waals surface area (Å²) in [5.41, 5.74) is 8.78. The van der Waals surface area contributed by atoms with Crippen molar-refractivity contribution in [3.05, 3.63) is 146 Å². The number of benzene rings is 5. The summed E-state index contributed by atoms with van der Waals surface area (Å²) in [5.74, 6) is 1.12. The van der Waals surface area contributed by atoms with E-state index in [1.807, 2.05) is 53.3 Å². The summed E-state index contributed by atoms with van der Waals surface area (Å²) in [6, 6.07) is 40.5. The predicted molar refractivity (Wildman–Crippen MR) is 185 cm³/mol. The Bertz CT molecular complexity index is 2830. The van der Waals surface area contributed by atoms with Crippen LogP contribution in [0.2, 0.25) is 0 Å². The molecule has 0 saturated carbocycles. The van der Waals surface area contributed by atoms with Crippen molar-refractivity contribution < 1.29 is 25.8 Å². The molecule has 0 amide bonds. The third kappa shape index (κ3) is 4.32. The number of fused-ring (bicyclic) bond motifs is 12. The second-order valence-electron chi connectivity index (χ2n) is 11.4. The van der Waals surface area contributed by atoms with Crippen LogP contribution in [0.3, 0.4) is 0 Å². The number of hydrogen-bond donors (Lipinski definition) is 0. The molecule has 0 unspecified atom stereocenters. The van der Waals surface area contributed by atoms with Crippen molar-refractivity contribution in [2.75, 3.05) is 0 Å². The van der Waals surface area contributed by atoms with Crippen LogP contribution in [0.1, 0.15) is 0 Å². The van der Waals surface area contributed by atoms with E-state index in [4.69, 9.17) is 9.72 Å². The first-order chi connectivity index (χ1) is 23.3. The summed E-state index contributed by atoms with van der Waals surface area (Å²) in [6.07, 6.45) is 10.9. The van der Waals surface area contributed by atoms with E-state index in [0.717, 1.165) is 77.2 Å². The van der Waals surface area contributed by atoms with E-state index >= 15 is 0 Å². The summed E-state index contributed by atoms with van der Waals surface area (Å²) >= 11 is 0. The molecule has 48 heavy (non-hydrogen) atoms. The van der Waals surface area contributed by atoms with E-state index in [0.29, 0.717) is 11.5 Å². The quantitative estimate of drug-likeness (QED) is 0.131. The summed E-state index contributed by atoms with van der Waals surface area (Å²) < 4.78 is 10.5. The Kier molecular flexibility index (Phi) is 6.56. The van der Waals surface area contributed by atoms with Crippen LogP contribution >= 0.6 is 0 Å². The van der Waals surface area contributed by atoms with Crippen LogP contribution in [0.5, 0.6) is 11.5 Å². The van der Waals surface area contributed by atoms with Gasteiger partial charge in [-0.1, -0.05) is 113 Å². The number of pyridine rings is 2. The van der Waals surface area contributed by atoms with Crippen LogP contribution in [0, 0.1) is 12.1 Å². The maximum absolute atomic E-state index is 6.43. The number of ether oxygens (including phenoxy) is 1.